The fraction of sp³-hybridized carbons (Fsp3) is 0.600. The average molecular weight is 290 g/mol. The molecule has 2 aliphatic rings. The van der Waals surface area contributed by atoms with Crippen LogP contribution in [0.1, 0.15) is 24.8 Å². The van der Waals surface area contributed by atoms with Crippen molar-refractivity contribution in [2.75, 3.05) is 31.6 Å². The van der Waals surface area contributed by atoms with Crippen molar-refractivity contribution in [3.05, 3.63) is 24.0 Å². The van der Waals surface area contributed by atoms with E-state index in [0.717, 1.165) is 36.3 Å². The van der Waals surface area contributed by atoms with E-state index in [-0.39, 0.29) is 0 Å². The van der Waals surface area contributed by atoms with Crippen LogP contribution in [0.15, 0.2) is 18.5 Å². The second-order valence-corrected chi connectivity index (χ2v) is 6.38. The Balaban J connectivity index is 1.81. The Morgan fingerprint density at radius 1 is 1.40 bits per heavy atom. The molecule has 2 fully saturated rings. The van der Waals surface area contributed by atoms with Gasteiger partial charge in [0, 0.05) is 30.9 Å². The molecule has 2 saturated heterocycles. The Morgan fingerprint density at radius 3 is 3.05 bits per heavy atom. The number of likely N-dealkylation sites (tertiary alicyclic amines) is 1. The summed E-state index contributed by atoms with van der Waals surface area (Å²) in [6.07, 6.45) is 7.52. The van der Waals surface area contributed by atoms with Gasteiger partial charge in [-0.25, -0.2) is 0 Å². The number of nitrogens with two attached hydrogens (primary N) is 1. The number of hydrogen-bond donors (Lipinski definition) is 1. The van der Waals surface area contributed by atoms with Gasteiger partial charge in [-0.15, -0.1) is 0 Å². The molecular formula is C15H22N4S. The number of aromatic nitrogens is 1. The third-order valence-corrected chi connectivity index (χ3v) is 4.97. The number of piperidine rings is 2. The van der Waals surface area contributed by atoms with Gasteiger partial charge in [0.1, 0.15) is 4.99 Å². The highest BCUT2D eigenvalue weighted by Crippen LogP contribution is 2.32. The Labute approximate surface area is 126 Å². The van der Waals surface area contributed by atoms with Crippen LogP contribution in [0, 0.1) is 5.92 Å². The molecule has 0 radical (unpaired) electrons. The number of hydrogen-bond acceptors (Lipinski definition) is 4. The molecule has 4 nitrogen and oxygen atoms in total. The lowest BCUT2D eigenvalue weighted by atomic mass is 9.84. The van der Waals surface area contributed by atoms with Gasteiger partial charge in [0.05, 0.1) is 11.9 Å². The first-order chi connectivity index (χ1) is 9.66. The molecule has 108 valence electrons. The summed E-state index contributed by atoms with van der Waals surface area (Å²) in [5.74, 6) is 0.752. The molecular weight excluding hydrogens is 268 g/mol. The summed E-state index contributed by atoms with van der Waals surface area (Å²) in [5, 5.41) is 0. The topological polar surface area (TPSA) is 45.4 Å². The maximum absolute atomic E-state index is 5.84. The second-order valence-electron chi connectivity index (χ2n) is 5.94. The summed E-state index contributed by atoms with van der Waals surface area (Å²) in [6.45, 7) is 3.40. The highest BCUT2D eigenvalue weighted by atomic mass is 32.1. The molecule has 0 bridgehead atoms. The van der Waals surface area contributed by atoms with Crippen molar-refractivity contribution in [2.24, 2.45) is 11.7 Å². The van der Waals surface area contributed by atoms with Gasteiger partial charge in [0.2, 0.25) is 0 Å². The van der Waals surface area contributed by atoms with E-state index in [1.54, 1.807) is 6.20 Å². The summed E-state index contributed by atoms with van der Waals surface area (Å²) < 4.78 is 0. The predicted molar refractivity (Wildman–Crippen MR) is 86.1 cm³/mol. The lowest BCUT2D eigenvalue weighted by Crippen LogP contribution is -2.53. The SMILES string of the molecule is CN1CCCC2CN(c3cnccc3C(N)=S)CCC21. The van der Waals surface area contributed by atoms with Gasteiger partial charge in [-0.1, -0.05) is 12.2 Å². The lowest BCUT2D eigenvalue weighted by molar-refractivity contribution is 0.102. The van der Waals surface area contributed by atoms with Crippen LogP contribution in [-0.2, 0) is 0 Å². The zero-order valence-corrected chi connectivity index (χ0v) is 12.8. The molecule has 0 spiro atoms. The zero-order chi connectivity index (χ0) is 14.1. The molecule has 1 aromatic rings. The van der Waals surface area contributed by atoms with Crippen molar-refractivity contribution < 1.29 is 0 Å². The van der Waals surface area contributed by atoms with Crippen LogP contribution < -0.4 is 10.6 Å². The summed E-state index contributed by atoms with van der Waals surface area (Å²) >= 11 is 5.17. The second kappa shape index (κ2) is 5.66. The first kappa shape index (κ1) is 13.8. The zero-order valence-electron chi connectivity index (χ0n) is 12.0. The van der Waals surface area contributed by atoms with Crippen LogP contribution >= 0.6 is 12.2 Å². The summed E-state index contributed by atoms with van der Waals surface area (Å²) in [5.41, 5.74) is 7.90. The number of nitrogens with zero attached hydrogens (tertiary/aromatic N) is 3. The predicted octanol–water partition coefficient (Wildman–Crippen LogP) is 1.64. The molecule has 1 aromatic heterocycles. The molecule has 2 atom stereocenters. The summed E-state index contributed by atoms with van der Waals surface area (Å²) in [7, 11) is 2.26. The van der Waals surface area contributed by atoms with Gasteiger partial charge in [0.25, 0.3) is 0 Å². The number of rotatable bonds is 2. The van der Waals surface area contributed by atoms with E-state index in [4.69, 9.17) is 18.0 Å². The van der Waals surface area contributed by atoms with Crippen LogP contribution in [0.4, 0.5) is 5.69 Å². The third-order valence-electron chi connectivity index (χ3n) is 4.75. The molecule has 0 aromatic carbocycles. The minimum atomic E-state index is 0.463. The Morgan fingerprint density at radius 2 is 2.25 bits per heavy atom. The van der Waals surface area contributed by atoms with Crippen molar-refractivity contribution >= 4 is 22.9 Å². The number of fused-ring (bicyclic) bond motifs is 1. The van der Waals surface area contributed by atoms with E-state index >= 15 is 0 Å². The summed E-state index contributed by atoms with van der Waals surface area (Å²) in [4.78, 5) is 9.67. The molecule has 0 amide bonds. The fourth-order valence-corrected chi connectivity index (χ4v) is 3.89. The van der Waals surface area contributed by atoms with Crippen molar-refractivity contribution in [3.63, 3.8) is 0 Å². The summed E-state index contributed by atoms with van der Waals surface area (Å²) in [6, 6.07) is 2.67. The van der Waals surface area contributed by atoms with Gasteiger partial charge >= 0.3 is 0 Å². The first-order valence-electron chi connectivity index (χ1n) is 7.36. The molecule has 3 heterocycles. The highest BCUT2D eigenvalue weighted by molar-refractivity contribution is 7.80. The third kappa shape index (κ3) is 2.52. The monoisotopic (exact) mass is 290 g/mol. The van der Waals surface area contributed by atoms with Crippen LogP contribution in [-0.4, -0.2) is 47.6 Å². The van der Waals surface area contributed by atoms with Gasteiger partial charge in [0.15, 0.2) is 0 Å². The maximum atomic E-state index is 5.84. The van der Waals surface area contributed by atoms with E-state index in [1.807, 2.05) is 12.3 Å². The largest absolute Gasteiger partial charge is 0.389 e. The molecule has 0 aliphatic carbocycles. The van der Waals surface area contributed by atoms with E-state index in [2.05, 4.69) is 21.8 Å². The quantitative estimate of drug-likeness (QED) is 0.839. The van der Waals surface area contributed by atoms with E-state index < -0.39 is 0 Å². The number of anilines is 1. The van der Waals surface area contributed by atoms with Gasteiger partial charge in [-0.2, -0.15) is 0 Å². The normalized spacial score (nSPS) is 27.1. The van der Waals surface area contributed by atoms with Gasteiger partial charge in [-0.3, -0.25) is 4.98 Å². The first-order valence-corrected chi connectivity index (χ1v) is 7.76. The molecule has 2 aliphatic heterocycles. The van der Waals surface area contributed by atoms with Gasteiger partial charge in [-0.05, 0) is 44.8 Å². The number of thiocarbonyl (C=S) groups is 1. The Kier molecular flexibility index (Phi) is 3.89. The fourth-order valence-electron chi connectivity index (χ4n) is 3.72. The average Bonchev–Trinajstić information content (AvgIpc) is 2.47. The van der Waals surface area contributed by atoms with Crippen molar-refractivity contribution in [3.8, 4) is 0 Å². The van der Waals surface area contributed by atoms with E-state index in [0.29, 0.717) is 4.99 Å². The molecule has 20 heavy (non-hydrogen) atoms. The van der Waals surface area contributed by atoms with E-state index in [1.165, 1.54) is 25.8 Å². The van der Waals surface area contributed by atoms with Crippen molar-refractivity contribution in [1.29, 1.82) is 0 Å². The smallest absolute Gasteiger partial charge is 0.106 e. The maximum Gasteiger partial charge on any atom is 0.106 e. The highest BCUT2D eigenvalue weighted by Gasteiger charge is 2.34. The molecule has 3 rings (SSSR count). The lowest BCUT2D eigenvalue weighted by Gasteiger charge is -2.46. The van der Waals surface area contributed by atoms with E-state index in [9.17, 15) is 0 Å². The van der Waals surface area contributed by atoms with Crippen LogP contribution in [0.2, 0.25) is 0 Å². The number of pyridine rings is 1. The molecule has 2 unspecified atom stereocenters. The Hall–Kier alpha value is -1.20. The van der Waals surface area contributed by atoms with Crippen LogP contribution in [0.3, 0.4) is 0 Å². The van der Waals surface area contributed by atoms with Crippen LogP contribution in [0.5, 0.6) is 0 Å². The van der Waals surface area contributed by atoms with Crippen molar-refractivity contribution in [2.45, 2.75) is 25.3 Å². The minimum Gasteiger partial charge on any atom is -0.389 e. The standard InChI is InChI=1S/C15H22N4S/c1-18-7-2-3-11-10-19(8-5-13(11)18)14-9-17-6-4-12(14)15(16)20/h4,6,9,11,13H,2-3,5,7-8,10H2,1H3,(H2,16,20). The van der Waals surface area contributed by atoms with Crippen LogP contribution in [0.25, 0.3) is 0 Å². The van der Waals surface area contributed by atoms with Crippen molar-refractivity contribution in [1.82, 2.24) is 9.88 Å². The molecule has 2 N–H and O–H groups in total. The Bertz CT molecular complexity index is 504. The van der Waals surface area contributed by atoms with Gasteiger partial charge < -0.3 is 15.5 Å². The molecule has 0 saturated carbocycles. The molecule has 5 heteroatoms. The minimum absolute atomic E-state index is 0.463.